The number of benzene rings is 1. The second-order valence-electron chi connectivity index (χ2n) is 5.86. The number of carbonyl (C=O) groups excluding carboxylic acids is 1. The normalized spacial score (nSPS) is 17.4. The maximum Gasteiger partial charge on any atom is 0.253 e. The first-order valence-corrected chi connectivity index (χ1v) is 7.93. The SMILES string of the molecule is CCCOC1(CNC(=O)c2ccccc2N)CCCCC1. The molecular weight excluding hydrogens is 264 g/mol. The van der Waals surface area contributed by atoms with Gasteiger partial charge in [0.2, 0.25) is 0 Å². The van der Waals surface area contributed by atoms with Crippen LogP contribution in [0.3, 0.4) is 0 Å². The third-order valence-corrected chi connectivity index (χ3v) is 4.15. The van der Waals surface area contributed by atoms with Gasteiger partial charge in [-0.15, -0.1) is 0 Å². The zero-order valence-electron chi connectivity index (χ0n) is 12.9. The molecule has 0 atom stereocenters. The second kappa shape index (κ2) is 7.46. The van der Waals surface area contributed by atoms with E-state index >= 15 is 0 Å². The van der Waals surface area contributed by atoms with Gasteiger partial charge < -0.3 is 15.8 Å². The zero-order valence-corrected chi connectivity index (χ0v) is 12.9. The van der Waals surface area contributed by atoms with Gasteiger partial charge in [-0.1, -0.05) is 38.3 Å². The van der Waals surface area contributed by atoms with Crippen molar-refractivity contribution in [2.75, 3.05) is 18.9 Å². The topological polar surface area (TPSA) is 64.3 Å². The lowest BCUT2D eigenvalue weighted by molar-refractivity contribution is -0.0669. The van der Waals surface area contributed by atoms with Crippen LogP contribution in [0.25, 0.3) is 0 Å². The monoisotopic (exact) mass is 290 g/mol. The molecule has 1 fully saturated rings. The van der Waals surface area contributed by atoms with Crippen molar-refractivity contribution in [3.63, 3.8) is 0 Å². The third kappa shape index (κ3) is 4.21. The summed E-state index contributed by atoms with van der Waals surface area (Å²) in [6.07, 6.45) is 6.66. The minimum Gasteiger partial charge on any atom is -0.398 e. The molecule has 0 aliphatic heterocycles. The van der Waals surface area contributed by atoms with E-state index in [9.17, 15) is 4.79 Å². The smallest absolute Gasteiger partial charge is 0.253 e. The fourth-order valence-corrected chi connectivity index (χ4v) is 2.93. The van der Waals surface area contributed by atoms with Crippen LogP contribution >= 0.6 is 0 Å². The average Bonchev–Trinajstić information content (AvgIpc) is 2.52. The minimum absolute atomic E-state index is 0.113. The van der Waals surface area contributed by atoms with Crippen molar-refractivity contribution in [3.05, 3.63) is 29.8 Å². The van der Waals surface area contributed by atoms with Crippen LogP contribution in [-0.4, -0.2) is 24.7 Å². The second-order valence-corrected chi connectivity index (χ2v) is 5.86. The van der Waals surface area contributed by atoms with E-state index in [2.05, 4.69) is 12.2 Å². The highest BCUT2D eigenvalue weighted by molar-refractivity contribution is 5.99. The molecule has 1 aromatic carbocycles. The molecule has 4 heteroatoms. The quantitative estimate of drug-likeness (QED) is 0.791. The Morgan fingerprint density at radius 1 is 1.29 bits per heavy atom. The van der Waals surface area contributed by atoms with Crippen molar-refractivity contribution in [3.8, 4) is 0 Å². The van der Waals surface area contributed by atoms with Crippen LogP contribution in [0.15, 0.2) is 24.3 Å². The Morgan fingerprint density at radius 3 is 2.67 bits per heavy atom. The van der Waals surface area contributed by atoms with Crippen molar-refractivity contribution in [2.45, 2.75) is 51.0 Å². The van der Waals surface area contributed by atoms with Crippen molar-refractivity contribution < 1.29 is 9.53 Å². The summed E-state index contributed by atoms with van der Waals surface area (Å²) in [5.41, 5.74) is 6.72. The van der Waals surface area contributed by atoms with Crippen LogP contribution in [0.5, 0.6) is 0 Å². The molecule has 1 aliphatic rings. The Kier molecular flexibility index (Phi) is 5.62. The highest BCUT2D eigenvalue weighted by atomic mass is 16.5. The Balaban J connectivity index is 1.98. The number of anilines is 1. The van der Waals surface area contributed by atoms with Gasteiger partial charge in [-0.05, 0) is 31.4 Å². The van der Waals surface area contributed by atoms with E-state index in [1.807, 2.05) is 12.1 Å². The van der Waals surface area contributed by atoms with Gasteiger partial charge in [-0.3, -0.25) is 4.79 Å². The lowest BCUT2D eigenvalue weighted by Crippen LogP contribution is -2.46. The lowest BCUT2D eigenvalue weighted by atomic mass is 9.84. The highest BCUT2D eigenvalue weighted by Crippen LogP contribution is 2.31. The Morgan fingerprint density at radius 2 is 2.00 bits per heavy atom. The van der Waals surface area contributed by atoms with Gasteiger partial charge in [-0.2, -0.15) is 0 Å². The molecule has 21 heavy (non-hydrogen) atoms. The van der Waals surface area contributed by atoms with Crippen LogP contribution in [0.1, 0.15) is 55.8 Å². The van der Waals surface area contributed by atoms with E-state index < -0.39 is 0 Å². The fraction of sp³-hybridized carbons (Fsp3) is 0.588. The van der Waals surface area contributed by atoms with Gasteiger partial charge in [0.25, 0.3) is 5.91 Å². The Labute approximate surface area is 127 Å². The molecule has 0 aromatic heterocycles. The van der Waals surface area contributed by atoms with Gasteiger partial charge in [-0.25, -0.2) is 0 Å². The summed E-state index contributed by atoms with van der Waals surface area (Å²) in [5.74, 6) is -0.113. The van der Waals surface area contributed by atoms with Crippen LogP contribution in [-0.2, 0) is 4.74 Å². The van der Waals surface area contributed by atoms with E-state index in [4.69, 9.17) is 10.5 Å². The first-order chi connectivity index (χ1) is 10.2. The van der Waals surface area contributed by atoms with Crippen LogP contribution < -0.4 is 11.1 Å². The summed E-state index contributed by atoms with van der Waals surface area (Å²) in [5, 5.41) is 3.02. The van der Waals surface area contributed by atoms with Crippen molar-refractivity contribution in [1.82, 2.24) is 5.32 Å². The average molecular weight is 290 g/mol. The Hall–Kier alpha value is -1.55. The molecule has 0 radical (unpaired) electrons. The molecule has 0 spiro atoms. The summed E-state index contributed by atoms with van der Waals surface area (Å²) < 4.78 is 6.09. The Bertz CT molecular complexity index is 468. The van der Waals surface area contributed by atoms with Gasteiger partial charge in [0.1, 0.15) is 0 Å². The predicted octanol–water partition coefficient (Wildman–Crippen LogP) is 3.13. The number of nitrogens with two attached hydrogens (primary N) is 1. The summed E-state index contributed by atoms with van der Waals surface area (Å²) in [6.45, 7) is 3.43. The van der Waals surface area contributed by atoms with Crippen LogP contribution in [0.4, 0.5) is 5.69 Å². The number of amides is 1. The molecule has 116 valence electrons. The number of nitrogens with one attached hydrogen (secondary N) is 1. The van der Waals surface area contributed by atoms with Crippen molar-refractivity contribution in [2.24, 2.45) is 0 Å². The number of hydrogen-bond acceptors (Lipinski definition) is 3. The number of nitrogen functional groups attached to an aromatic ring is 1. The summed E-state index contributed by atoms with van der Waals surface area (Å²) in [6, 6.07) is 7.16. The van der Waals surface area contributed by atoms with Crippen molar-refractivity contribution >= 4 is 11.6 Å². The highest BCUT2D eigenvalue weighted by Gasteiger charge is 2.33. The van der Waals surface area contributed by atoms with E-state index in [-0.39, 0.29) is 11.5 Å². The predicted molar refractivity (Wildman–Crippen MR) is 85.2 cm³/mol. The molecule has 1 aliphatic carbocycles. The number of hydrogen-bond donors (Lipinski definition) is 2. The van der Waals surface area contributed by atoms with E-state index in [1.54, 1.807) is 12.1 Å². The molecule has 0 unspecified atom stereocenters. The minimum atomic E-state index is -0.187. The van der Waals surface area contributed by atoms with Crippen molar-refractivity contribution in [1.29, 1.82) is 0 Å². The maximum absolute atomic E-state index is 12.3. The molecule has 0 saturated heterocycles. The van der Waals surface area contributed by atoms with Crippen LogP contribution in [0, 0.1) is 0 Å². The zero-order chi connectivity index (χ0) is 15.1. The number of para-hydroxylation sites is 1. The first-order valence-electron chi connectivity index (χ1n) is 7.93. The van der Waals surface area contributed by atoms with E-state index in [0.29, 0.717) is 17.8 Å². The summed E-state index contributed by atoms with van der Waals surface area (Å²) in [4.78, 5) is 12.3. The van der Waals surface area contributed by atoms with Gasteiger partial charge in [0.15, 0.2) is 0 Å². The number of carbonyl (C=O) groups is 1. The summed E-state index contributed by atoms with van der Waals surface area (Å²) >= 11 is 0. The number of rotatable bonds is 6. The molecule has 2 rings (SSSR count). The fourth-order valence-electron chi connectivity index (χ4n) is 2.93. The molecule has 1 saturated carbocycles. The molecule has 0 heterocycles. The molecule has 3 N–H and O–H groups in total. The first kappa shape index (κ1) is 15.8. The molecule has 4 nitrogen and oxygen atoms in total. The molecule has 0 bridgehead atoms. The lowest BCUT2D eigenvalue weighted by Gasteiger charge is -2.37. The standard InChI is InChI=1S/C17H26N2O2/c1-2-12-21-17(10-6-3-7-11-17)13-19-16(20)14-8-4-5-9-15(14)18/h4-5,8-9H,2-3,6-7,10-13,18H2,1H3,(H,19,20). The van der Waals surface area contributed by atoms with Gasteiger partial charge in [0, 0.05) is 18.8 Å². The molecular formula is C17H26N2O2. The van der Waals surface area contributed by atoms with Gasteiger partial charge in [0.05, 0.1) is 11.2 Å². The molecule has 1 aromatic rings. The van der Waals surface area contributed by atoms with Crippen LogP contribution in [0.2, 0.25) is 0 Å². The van der Waals surface area contributed by atoms with E-state index in [1.165, 1.54) is 19.3 Å². The maximum atomic E-state index is 12.3. The van der Waals surface area contributed by atoms with E-state index in [0.717, 1.165) is 25.9 Å². The number of ether oxygens (including phenoxy) is 1. The molecule has 1 amide bonds. The summed E-state index contributed by atoms with van der Waals surface area (Å²) in [7, 11) is 0. The largest absolute Gasteiger partial charge is 0.398 e. The third-order valence-electron chi connectivity index (χ3n) is 4.15. The van der Waals surface area contributed by atoms with Gasteiger partial charge >= 0.3 is 0 Å².